The standard InChI is InChI=1S/C16H17BrFNO2/c1-20-14-7-6-10(8-12(14)17)13(19)9-11-4-3-5-15(21-2)16(11)18/h3-8,13H,9,19H2,1-2H3. The highest BCUT2D eigenvalue weighted by Crippen LogP contribution is 2.29. The third-order valence-corrected chi connectivity index (χ3v) is 3.93. The highest BCUT2D eigenvalue weighted by atomic mass is 79.9. The van der Waals surface area contributed by atoms with Gasteiger partial charge in [0.05, 0.1) is 18.7 Å². The van der Waals surface area contributed by atoms with Crippen LogP contribution in [-0.2, 0) is 6.42 Å². The van der Waals surface area contributed by atoms with Gasteiger partial charge in [0.1, 0.15) is 5.75 Å². The van der Waals surface area contributed by atoms with Gasteiger partial charge < -0.3 is 15.2 Å². The average molecular weight is 354 g/mol. The fourth-order valence-electron chi connectivity index (χ4n) is 2.14. The van der Waals surface area contributed by atoms with E-state index in [0.29, 0.717) is 12.0 Å². The molecule has 0 radical (unpaired) electrons. The molecule has 0 heterocycles. The van der Waals surface area contributed by atoms with Crippen LogP contribution < -0.4 is 15.2 Å². The first-order chi connectivity index (χ1) is 10.1. The molecule has 0 aliphatic rings. The molecule has 2 N–H and O–H groups in total. The van der Waals surface area contributed by atoms with Crippen LogP contribution in [0.4, 0.5) is 4.39 Å². The smallest absolute Gasteiger partial charge is 0.168 e. The van der Waals surface area contributed by atoms with Crippen LogP contribution in [0.5, 0.6) is 11.5 Å². The summed E-state index contributed by atoms with van der Waals surface area (Å²) in [5.41, 5.74) is 7.62. The lowest BCUT2D eigenvalue weighted by Gasteiger charge is -2.15. The van der Waals surface area contributed by atoms with Gasteiger partial charge in [-0.3, -0.25) is 0 Å². The Bertz CT molecular complexity index is 634. The van der Waals surface area contributed by atoms with E-state index >= 15 is 0 Å². The molecule has 0 aliphatic heterocycles. The molecular weight excluding hydrogens is 337 g/mol. The molecule has 2 aromatic carbocycles. The largest absolute Gasteiger partial charge is 0.496 e. The van der Waals surface area contributed by atoms with Gasteiger partial charge in [-0.1, -0.05) is 18.2 Å². The highest BCUT2D eigenvalue weighted by molar-refractivity contribution is 9.10. The van der Waals surface area contributed by atoms with Crippen molar-refractivity contribution < 1.29 is 13.9 Å². The van der Waals surface area contributed by atoms with Crippen LogP contribution in [0.25, 0.3) is 0 Å². The molecule has 0 saturated heterocycles. The van der Waals surface area contributed by atoms with Crippen molar-refractivity contribution in [3.63, 3.8) is 0 Å². The molecule has 112 valence electrons. The number of rotatable bonds is 5. The van der Waals surface area contributed by atoms with E-state index in [1.807, 2.05) is 18.2 Å². The van der Waals surface area contributed by atoms with E-state index < -0.39 is 0 Å². The van der Waals surface area contributed by atoms with Crippen molar-refractivity contribution in [1.82, 2.24) is 0 Å². The third kappa shape index (κ3) is 3.54. The zero-order valence-electron chi connectivity index (χ0n) is 11.9. The van der Waals surface area contributed by atoms with E-state index in [0.717, 1.165) is 15.8 Å². The van der Waals surface area contributed by atoms with Gasteiger partial charge in [-0.25, -0.2) is 4.39 Å². The van der Waals surface area contributed by atoms with E-state index in [-0.39, 0.29) is 17.6 Å². The second kappa shape index (κ2) is 6.91. The third-order valence-electron chi connectivity index (χ3n) is 3.31. The molecule has 0 saturated carbocycles. The predicted octanol–water partition coefficient (Wildman–Crippen LogP) is 3.85. The number of benzene rings is 2. The molecule has 5 heteroatoms. The maximum absolute atomic E-state index is 14.1. The molecule has 0 spiro atoms. The monoisotopic (exact) mass is 353 g/mol. The fraction of sp³-hybridized carbons (Fsp3) is 0.250. The number of ether oxygens (including phenoxy) is 2. The number of hydrogen-bond acceptors (Lipinski definition) is 3. The quantitative estimate of drug-likeness (QED) is 0.887. The first-order valence-electron chi connectivity index (χ1n) is 6.47. The Morgan fingerprint density at radius 1 is 1.14 bits per heavy atom. The maximum atomic E-state index is 14.1. The van der Waals surface area contributed by atoms with E-state index in [4.69, 9.17) is 15.2 Å². The Labute approximate surface area is 132 Å². The average Bonchev–Trinajstić information content (AvgIpc) is 2.49. The SMILES string of the molecule is COc1ccc(C(N)Cc2cccc(OC)c2F)cc1Br. The lowest BCUT2D eigenvalue weighted by atomic mass is 9.99. The zero-order chi connectivity index (χ0) is 15.4. The van der Waals surface area contributed by atoms with Crippen molar-refractivity contribution in [3.05, 3.63) is 57.8 Å². The van der Waals surface area contributed by atoms with Crippen LogP contribution in [0, 0.1) is 5.82 Å². The van der Waals surface area contributed by atoms with Crippen LogP contribution in [0.1, 0.15) is 17.2 Å². The Hall–Kier alpha value is -1.59. The molecule has 1 atom stereocenters. The van der Waals surface area contributed by atoms with E-state index in [9.17, 15) is 4.39 Å². The first-order valence-corrected chi connectivity index (χ1v) is 7.26. The van der Waals surface area contributed by atoms with Crippen molar-refractivity contribution in [2.24, 2.45) is 5.73 Å². The fourth-order valence-corrected chi connectivity index (χ4v) is 2.70. The van der Waals surface area contributed by atoms with Crippen molar-refractivity contribution in [2.45, 2.75) is 12.5 Å². The van der Waals surface area contributed by atoms with Crippen LogP contribution in [0.3, 0.4) is 0 Å². The van der Waals surface area contributed by atoms with Crippen LogP contribution in [0.2, 0.25) is 0 Å². The highest BCUT2D eigenvalue weighted by Gasteiger charge is 2.14. The van der Waals surface area contributed by atoms with Gasteiger partial charge in [0.15, 0.2) is 11.6 Å². The molecule has 21 heavy (non-hydrogen) atoms. The van der Waals surface area contributed by atoms with Crippen molar-refractivity contribution in [3.8, 4) is 11.5 Å². The molecule has 2 aromatic rings. The zero-order valence-corrected chi connectivity index (χ0v) is 13.5. The van der Waals surface area contributed by atoms with Crippen molar-refractivity contribution >= 4 is 15.9 Å². The Morgan fingerprint density at radius 3 is 2.48 bits per heavy atom. The molecule has 3 nitrogen and oxygen atoms in total. The molecule has 1 unspecified atom stereocenters. The lowest BCUT2D eigenvalue weighted by molar-refractivity contribution is 0.383. The van der Waals surface area contributed by atoms with E-state index in [1.54, 1.807) is 25.3 Å². The first kappa shape index (κ1) is 15.8. The van der Waals surface area contributed by atoms with Gasteiger partial charge in [-0.2, -0.15) is 0 Å². The number of halogens is 2. The van der Waals surface area contributed by atoms with Gasteiger partial charge in [-0.05, 0) is 51.7 Å². The summed E-state index contributed by atoms with van der Waals surface area (Å²) in [6.07, 6.45) is 0.391. The van der Waals surface area contributed by atoms with Crippen LogP contribution in [-0.4, -0.2) is 14.2 Å². The minimum Gasteiger partial charge on any atom is -0.496 e. The van der Waals surface area contributed by atoms with Crippen LogP contribution >= 0.6 is 15.9 Å². The molecule has 0 aromatic heterocycles. The van der Waals surface area contributed by atoms with Gasteiger partial charge >= 0.3 is 0 Å². The van der Waals surface area contributed by atoms with Gasteiger partial charge in [0.25, 0.3) is 0 Å². The van der Waals surface area contributed by atoms with E-state index in [1.165, 1.54) is 7.11 Å². The van der Waals surface area contributed by atoms with Crippen molar-refractivity contribution in [2.75, 3.05) is 14.2 Å². The maximum Gasteiger partial charge on any atom is 0.168 e. The normalized spacial score (nSPS) is 12.0. The molecular formula is C16H17BrFNO2. The summed E-state index contributed by atoms with van der Waals surface area (Å²) in [6, 6.07) is 10.4. The molecule has 2 rings (SSSR count). The minimum absolute atomic E-state index is 0.232. The van der Waals surface area contributed by atoms with Gasteiger partial charge in [0.2, 0.25) is 0 Å². The Morgan fingerprint density at radius 2 is 1.86 bits per heavy atom. The minimum atomic E-state index is -0.358. The molecule has 0 bridgehead atoms. The molecule has 0 aliphatic carbocycles. The number of methoxy groups -OCH3 is 2. The summed E-state index contributed by atoms with van der Waals surface area (Å²) in [4.78, 5) is 0. The van der Waals surface area contributed by atoms with Crippen molar-refractivity contribution in [1.29, 1.82) is 0 Å². The summed E-state index contributed by atoms with van der Waals surface area (Å²) < 4.78 is 25.1. The summed E-state index contributed by atoms with van der Waals surface area (Å²) in [6.45, 7) is 0. The second-order valence-electron chi connectivity index (χ2n) is 4.64. The Balaban J connectivity index is 2.22. The number of hydrogen-bond donors (Lipinski definition) is 1. The number of nitrogens with two attached hydrogens (primary N) is 1. The van der Waals surface area contributed by atoms with Gasteiger partial charge in [0, 0.05) is 6.04 Å². The second-order valence-corrected chi connectivity index (χ2v) is 5.49. The summed E-state index contributed by atoms with van der Waals surface area (Å²) in [5, 5.41) is 0. The van der Waals surface area contributed by atoms with E-state index in [2.05, 4.69) is 15.9 Å². The Kier molecular flexibility index (Phi) is 5.20. The molecule has 0 fully saturated rings. The predicted molar refractivity (Wildman–Crippen MR) is 84.3 cm³/mol. The lowest BCUT2D eigenvalue weighted by Crippen LogP contribution is -2.14. The topological polar surface area (TPSA) is 44.5 Å². The summed E-state index contributed by atoms with van der Waals surface area (Å²) in [5.74, 6) is 0.608. The summed E-state index contributed by atoms with van der Waals surface area (Å²) >= 11 is 3.42. The van der Waals surface area contributed by atoms with Crippen LogP contribution in [0.15, 0.2) is 40.9 Å². The molecule has 0 amide bonds. The van der Waals surface area contributed by atoms with Gasteiger partial charge in [-0.15, -0.1) is 0 Å². The summed E-state index contributed by atoms with van der Waals surface area (Å²) in [7, 11) is 3.05.